The maximum Gasteiger partial charge on any atom is 0.282 e. The topological polar surface area (TPSA) is 38.9 Å². The molecular weight excluding hydrogens is 249 g/mol. The van der Waals surface area contributed by atoms with Crippen LogP contribution >= 0.6 is 15.9 Å². The summed E-state index contributed by atoms with van der Waals surface area (Å²) in [5.41, 5.74) is 4.75. The molecule has 0 unspecified atom stereocenters. The van der Waals surface area contributed by atoms with Crippen LogP contribution < -0.4 is 5.73 Å². The van der Waals surface area contributed by atoms with Gasteiger partial charge in [-0.1, -0.05) is 15.9 Å². The summed E-state index contributed by atoms with van der Waals surface area (Å²) in [5, 5.41) is 0.220. The summed E-state index contributed by atoms with van der Waals surface area (Å²) >= 11 is 3.01. The third-order valence-corrected chi connectivity index (χ3v) is 2.10. The lowest BCUT2D eigenvalue weighted by atomic mass is 10.2. The summed E-state index contributed by atoms with van der Waals surface area (Å²) < 4.78 is 37.0. The van der Waals surface area contributed by atoms with Crippen molar-refractivity contribution < 1.29 is 13.2 Å². The average Bonchev–Trinajstić information content (AvgIpc) is 2.08. The van der Waals surface area contributed by atoms with Gasteiger partial charge in [0.1, 0.15) is 5.69 Å². The van der Waals surface area contributed by atoms with Crippen molar-refractivity contribution in [1.82, 2.24) is 4.98 Å². The maximum absolute atomic E-state index is 12.6. The highest BCUT2D eigenvalue weighted by Crippen LogP contribution is 2.27. The molecule has 1 heterocycles. The number of pyridine rings is 1. The molecule has 0 aliphatic carbocycles. The highest BCUT2D eigenvalue weighted by Gasteiger charge is 2.17. The van der Waals surface area contributed by atoms with Crippen LogP contribution in [-0.4, -0.2) is 4.98 Å². The molecule has 0 amide bonds. The first kappa shape index (κ1) is 10.3. The first-order valence-electron chi connectivity index (χ1n) is 3.35. The minimum absolute atomic E-state index is 0.159. The highest BCUT2D eigenvalue weighted by atomic mass is 79.9. The maximum atomic E-state index is 12.6. The van der Waals surface area contributed by atoms with Gasteiger partial charge in [-0.15, -0.1) is 0 Å². The van der Waals surface area contributed by atoms with E-state index in [1.165, 1.54) is 0 Å². The predicted molar refractivity (Wildman–Crippen MR) is 46.2 cm³/mol. The van der Waals surface area contributed by atoms with E-state index >= 15 is 0 Å². The molecule has 0 aromatic carbocycles. The zero-order chi connectivity index (χ0) is 10.0. The van der Waals surface area contributed by atoms with Gasteiger partial charge in [0.05, 0.1) is 5.69 Å². The van der Waals surface area contributed by atoms with Crippen molar-refractivity contribution >= 4 is 21.6 Å². The molecule has 0 fully saturated rings. The lowest BCUT2D eigenvalue weighted by Crippen LogP contribution is -2.04. The highest BCUT2D eigenvalue weighted by molar-refractivity contribution is 9.08. The average molecular weight is 255 g/mol. The summed E-state index contributed by atoms with van der Waals surface area (Å²) in [4.78, 5) is 3.02. The summed E-state index contributed by atoms with van der Waals surface area (Å²) in [6.45, 7) is 0. The summed E-state index contributed by atoms with van der Waals surface area (Å²) in [5.74, 6) is -0.945. The molecule has 72 valence electrons. The van der Waals surface area contributed by atoms with E-state index < -0.39 is 18.1 Å². The van der Waals surface area contributed by atoms with Crippen LogP contribution in [0.3, 0.4) is 0 Å². The number of aromatic nitrogens is 1. The summed E-state index contributed by atoms with van der Waals surface area (Å²) in [6, 6.07) is 1.02. The summed E-state index contributed by atoms with van der Waals surface area (Å²) in [7, 11) is 0. The van der Waals surface area contributed by atoms with Crippen molar-refractivity contribution in [3.63, 3.8) is 0 Å². The van der Waals surface area contributed by atoms with Crippen LogP contribution in [0.25, 0.3) is 0 Å². The first-order chi connectivity index (χ1) is 6.06. The Morgan fingerprint density at radius 1 is 1.54 bits per heavy atom. The minimum atomic E-state index is -2.85. The van der Waals surface area contributed by atoms with E-state index in [0.29, 0.717) is 0 Å². The third kappa shape index (κ3) is 2.12. The van der Waals surface area contributed by atoms with Gasteiger partial charge in [0.2, 0.25) is 5.95 Å². The van der Waals surface area contributed by atoms with Crippen LogP contribution in [0.5, 0.6) is 0 Å². The number of hydrogen-bond acceptors (Lipinski definition) is 2. The molecule has 6 heteroatoms. The Morgan fingerprint density at radius 2 is 2.15 bits per heavy atom. The predicted octanol–water partition coefficient (Wildman–Crippen LogP) is 2.64. The van der Waals surface area contributed by atoms with E-state index in [0.717, 1.165) is 6.07 Å². The Hall–Kier alpha value is -0.780. The molecule has 2 nitrogen and oxygen atoms in total. The zero-order valence-corrected chi connectivity index (χ0v) is 7.98. The van der Waals surface area contributed by atoms with Crippen molar-refractivity contribution in [3.8, 4) is 0 Å². The van der Waals surface area contributed by atoms with E-state index in [1.807, 2.05) is 0 Å². The van der Waals surface area contributed by atoms with Crippen molar-refractivity contribution in [1.29, 1.82) is 0 Å². The van der Waals surface area contributed by atoms with Gasteiger partial charge in [0.15, 0.2) is 0 Å². The van der Waals surface area contributed by atoms with E-state index in [1.54, 1.807) is 0 Å². The van der Waals surface area contributed by atoms with Gasteiger partial charge in [-0.3, -0.25) is 0 Å². The van der Waals surface area contributed by atoms with E-state index in [9.17, 15) is 13.2 Å². The number of nitrogens with two attached hydrogens (primary N) is 1. The van der Waals surface area contributed by atoms with Crippen molar-refractivity contribution in [2.75, 3.05) is 5.73 Å². The van der Waals surface area contributed by atoms with Crippen molar-refractivity contribution in [3.05, 3.63) is 23.3 Å². The number of halogens is 4. The van der Waals surface area contributed by atoms with Gasteiger partial charge in [-0.05, 0) is 11.6 Å². The molecular formula is C7H6BrF3N2. The van der Waals surface area contributed by atoms with Gasteiger partial charge >= 0.3 is 0 Å². The molecule has 0 atom stereocenters. The van der Waals surface area contributed by atoms with E-state index in [2.05, 4.69) is 20.9 Å². The Bertz CT molecular complexity index is 317. The smallest absolute Gasteiger partial charge is 0.282 e. The van der Waals surface area contributed by atoms with Gasteiger partial charge in [-0.25, -0.2) is 13.8 Å². The Labute approximate surface area is 81.1 Å². The fourth-order valence-corrected chi connectivity index (χ4v) is 1.33. The van der Waals surface area contributed by atoms with Crippen molar-refractivity contribution in [2.24, 2.45) is 0 Å². The fourth-order valence-electron chi connectivity index (χ4n) is 0.870. The van der Waals surface area contributed by atoms with E-state index in [4.69, 9.17) is 5.73 Å². The molecule has 1 rings (SSSR count). The molecule has 0 aliphatic heterocycles. The number of nitrogen functional groups attached to an aromatic ring is 1. The van der Waals surface area contributed by atoms with Gasteiger partial charge in [-0.2, -0.15) is 4.39 Å². The molecule has 0 aliphatic rings. The molecule has 0 spiro atoms. The second-order valence-electron chi connectivity index (χ2n) is 2.34. The lowest BCUT2D eigenvalue weighted by Gasteiger charge is -2.07. The minimum Gasteiger partial charge on any atom is -0.397 e. The summed E-state index contributed by atoms with van der Waals surface area (Å²) in [6.07, 6.45) is -2.85. The number of alkyl halides is 3. The Morgan fingerprint density at radius 3 is 2.62 bits per heavy atom. The van der Waals surface area contributed by atoms with Crippen LogP contribution in [0.15, 0.2) is 6.07 Å². The normalized spacial score (nSPS) is 10.8. The van der Waals surface area contributed by atoms with E-state index in [-0.39, 0.29) is 16.6 Å². The van der Waals surface area contributed by atoms with Gasteiger partial charge < -0.3 is 5.73 Å². The molecule has 1 aromatic heterocycles. The molecule has 13 heavy (non-hydrogen) atoms. The van der Waals surface area contributed by atoms with Crippen LogP contribution in [0, 0.1) is 5.95 Å². The van der Waals surface area contributed by atoms with Crippen LogP contribution in [0.1, 0.15) is 17.7 Å². The van der Waals surface area contributed by atoms with Crippen LogP contribution in [0.4, 0.5) is 18.9 Å². The molecule has 0 saturated carbocycles. The SMILES string of the molecule is Nc1c(CBr)cc(F)nc1C(F)F. The number of anilines is 1. The lowest BCUT2D eigenvalue weighted by molar-refractivity contribution is 0.145. The quantitative estimate of drug-likeness (QED) is 0.651. The molecule has 0 radical (unpaired) electrons. The monoisotopic (exact) mass is 254 g/mol. The number of hydrogen-bond donors (Lipinski definition) is 1. The molecule has 0 saturated heterocycles. The zero-order valence-electron chi connectivity index (χ0n) is 6.40. The third-order valence-electron chi connectivity index (χ3n) is 1.49. The second kappa shape index (κ2) is 3.95. The molecule has 1 aromatic rings. The van der Waals surface area contributed by atoms with Gasteiger partial charge in [0, 0.05) is 5.33 Å². The van der Waals surface area contributed by atoms with Crippen LogP contribution in [-0.2, 0) is 5.33 Å². The molecule has 0 bridgehead atoms. The van der Waals surface area contributed by atoms with Crippen LogP contribution in [0.2, 0.25) is 0 Å². The second-order valence-corrected chi connectivity index (χ2v) is 2.90. The molecule has 2 N–H and O–H groups in total. The van der Waals surface area contributed by atoms with Gasteiger partial charge in [0.25, 0.3) is 6.43 Å². The standard InChI is InChI=1S/C7H6BrF3N2/c8-2-3-1-4(9)13-6(5(3)12)7(10)11/h1,7H,2,12H2. The Kier molecular flexibility index (Phi) is 3.13. The largest absolute Gasteiger partial charge is 0.397 e. The fraction of sp³-hybridized carbons (Fsp3) is 0.286. The number of nitrogens with zero attached hydrogens (tertiary/aromatic N) is 1. The number of rotatable bonds is 2. The Balaban J connectivity index is 3.27. The first-order valence-corrected chi connectivity index (χ1v) is 4.47. The van der Waals surface area contributed by atoms with Crippen molar-refractivity contribution in [2.45, 2.75) is 11.8 Å².